The average molecular weight is 272 g/mol. The minimum absolute atomic E-state index is 0.291. The van der Waals surface area contributed by atoms with Crippen LogP contribution in [0.3, 0.4) is 0 Å². The molecule has 0 unspecified atom stereocenters. The Morgan fingerprint density at radius 3 is 3.00 bits per heavy atom. The van der Waals surface area contributed by atoms with Crippen molar-refractivity contribution >= 4 is 16.3 Å². The van der Waals surface area contributed by atoms with E-state index in [9.17, 15) is 5.11 Å². The molecule has 0 aliphatic heterocycles. The number of hydrogen-bond donors (Lipinski definition) is 1. The molecule has 0 atom stereocenters. The molecule has 1 aromatic carbocycles. The first kappa shape index (κ1) is 10.9. The number of benzene rings is 1. The lowest BCUT2D eigenvalue weighted by Gasteiger charge is -1.98. The Morgan fingerprint density at radius 2 is 2.21 bits per heavy atom. The highest BCUT2D eigenvalue weighted by Crippen LogP contribution is 2.39. The van der Waals surface area contributed by atoms with Crippen LogP contribution in [0.4, 0.5) is 0 Å². The number of rotatable bonds is 3. The Kier molecular flexibility index (Phi) is 2.32. The summed E-state index contributed by atoms with van der Waals surface area (Å²) in [4.78, 5) is 0.858. The van der Waals surface area contributed by atoms with Gasteiger partial charge in [-0.25, -0.2) is 0 Å². The predicted molar refractivity (Wildman–Crippen MR) is 71.5 cm³/mol. The van der Waals surface area contributed by atoms with Crippen LogP contribution in [0.2, 0.25) is 0 Å². The molecule has 6 heteroatoms. The molecular formula is C13H12N4OS. The zero-order valence-electron chi connectivity index (χ0n) is 10.2. The Labute approximate surface area is 113 Å². The van der Waals surface area contributed by atoms with Gasteiger partial charge in [0, 0.05) is 12.3 Å². The lowest BCUT2D eigenvalue weighted by Crippen LogP contribution is -1.95. The highest BCUT2D eigenvalue weighted by atomic mass is 32.1. The summed E-state index contributed by atoms with van der Waals surface area (Å²) in [5.41, 5.74) is 1.05. The number of aromatic nitrogens is 4. The quantitative estimate of drug-likeness (QED) is 0.795. The third-order valence-corrected chi connectivity index (χ3v) is 4.16. The zero-order chi connectivity index (χ0) is 12.8. The van der Waals surface area contributed by atoms with Crippen molar-refractivity contribution in [2.45, 2.75) is 25.2 Å². The van der Waals surface area contributed by atoms with Gasteiger partial charge in [-0.05, 0) is 30.5 Å². The van der Waals surface area contributed by atoms with Crippen LogP contribution < -0.4 is 0 Å². The monoisotopic (exact) mass is 272 g/mol. The van der Waals surface area contributed by atoms with Crippen molar-refractivity contribution in [2.24, 2.45) is 0 Å². The van der Waals surface area contributed by atoms with Crippen molar-refractivity contribution in [3.8, 4) is 5.75 Å². The number of phenolic OH excluding ortho intramolecular Hbond substituents is 1. The molecule has 0 spiro atoms. The third kappa shape index (κ3) is 1.98. The second kappa shape index (κ2) is 4.03. The highest BCUT2D eigenvalue weighted by molar-refractivity contribution is 7.16. The maximum absolute atomic E-state index is 9.47. The normalized spacial score (nSPS) is 15.2. The van der Waals surface area contributed by atoms with E-state index in [2.05, 4.69) is 15.3 Å². The van der Waals surface area contributed by atoms with Crippen LogP contribution in [-0.4, -0.2) is 24.9 Å². The van der Waals surface area contributed by atoms with Crippen molar-refractivity contribution in [2.75, 3.05) is 0 Å². The standard InChI is InChI=1S/C13H12N4OS/c18-10-3-1-2-8(6-10)7-11-16-17-12(9-4-5-9)14-15-13(17)19-11/h1-3,6,9,18H,4-5,7H2. The van der Waals surface area contributed by atoms with Gasteiger partial charge in [0.05, 0.1) is 0 Å². The van der Waals surface area contributed by atoms with Gasteiger partial charge in [0.25, 0.3) is 0 Å². The summed E-state index contributed by atoms with van der Waals surface area (Å²) in [6, 6.07) is 7.28. The summed E-state index contributed by atoms with van der Waals surface area (Å²) < 4.78 is 1.88. The van der Waals surface area contributed by atoms with Crippen LogP contribution >= 0.6 is 11.3 Å². The van der Waals surface area contributed by atoms with Crippen molar-refractivity contribution in [3.05, 3.63) is 40.7 Å². The molecule has 96 valence electrons. The van der Waals surface area contributed by atoms with E-state index in [-0.39, 0.29) is 0 Å². The van der Waals surface area contributed by atoms with E-state index in [1.54, 1.807) is 23.5 Å². The van der Waals surface area contributed by atoms with Gasteiger partial charge in [-0.1, -0.05) is 23.5 Å². The van der Waals surface area contributed by atoms with Gasteiger partial charge in [-0.3, -0.25) is 0 Å². The van der Waals surface area contributed by atoms with Gasteiger partial charge in [-0.2, -0.15) is 9.61 Å². The molecule has 1 N–H and O–H groups in total. The fourth-order valence-electron chi connectivity index (χ4n) is 2.18. The van der Waals surface area contributed by atoms with E-state index in [0.717, 1.165) is 21.4 Å². The molecule has 19 heavy (non-hydrogen) atoms. The van der Waals surface area contributed by atoms with Crippen molar-refractivity contribution in [1.29, 1.82) is 0 Å². The zero-order valence-corrected chi connectivity index (χ0v) is 11.0. The lowest BCUT2D eigenvalue weighted by atomic mass is 10.1. The smallest absolute Gasteiger partial charge is 0.234 e. The molecule has 1 aliphatic carbocycles. The van der Waals surface area contributed by atoms with Crippen LogP contribution in [0.1, 0.15) is 35.2 Å². The summed E-state index contributed by atoms with van der Waals surface area (Å²) in [6.07, 6.45) is 3.10. The molecule has 1 saturated carbocycles. The van der Waals surface area contributed by atoms with E-state index in [1.165, 1.54) is 12.8 Å². The Morgan fingerprint density at radius 1 is 1.32 bits per heavy atom. The Bertz CT molecular complexity index is 744. The van der Waals surface area contributed by atoms with Gasteiger partial charge in [-0.15, -0.1) is 10.2 Å². The van der Waals surface area contributed by atoms with Gasteiger partial charge in [0.15, 0.2) is 5.82 Å². The lowest BCUT2D eigenvalue weighted by molar-refractivity contribution is 0.474. The molecule has 2 heterocycles. The first-order valence-corrected chi connectivity index (χ1v) is 7.10. The van der Waals surface area contributed by atoms with E-state index in [4.69, 9.17) is 0 Å². The predicted octanol–water partition coefficient (Wildman–Crippen LogP) is 2.36. The molecule has 0 amide bonds. The molecule has 4 rings (SSSR count). The molecule has 5 nitrogen and oxygen atoms in total. The minimum Gasteiger partial charge on any atom is -0.508 e. The molecule has 2 aromatic heterocycles. The molecule has 1 aliphatic rings. The maximum atomic E-state index is 9.47. The molecule has 0 saturated heterocycles. The topological polar surface area (TPSA) is 63.3 Å². The first-order valence-electron chi connectivity index (χ1n) is 6.28. The van der Waals surface area contributed by atoms with E-state index < -0.39 is 0 Å². The summed E-state index contributed by atoms with van der Waals surface area (Å²) in [7, 11) is 0. The van der Waals surface area contributed by atoms with E-state index in [1.807, 2.05) is 16.6 Å². The molecule has 3 aromatic rings. The second-order valence-corrected chi connectivity index (χ2v) is 5.91. The van der Waals surface area contributed by atoms with Crippen molar-refractivity contribution < 1.29 is 5.11 Å². The summed E-state index contributed by atoms with van der Waals surface area (Å²) in [5, 5.41) is 23.4. The minimum atomic E-state index is 0.291. The number of fused-ring (bicyclic) bond motifs is 1. The highest BCUT2D eigenvalue weighted by Gasteiger charge is 2.29. The second-order valence-electron chi connectivity index (χ2n) is 4.87. The first-order chi connectivity index (χ1) is 9.29. The van der Waals surface area contributed by atoms with Crippen molar-refractivity contribution in [3.63, 3.8) is 0 Å². The van der Waals surface area contributed by atoms with Gasteiger partial charge in [0.1, 0.15) is 10.8 Å². The molecule has 0 bridgehead atoms. The maximum Gasteiger partial charge on any atom is 0.234 e. The third-order valence-electron chi connectivity index (χ3n) is 3.27. The molecule has 0 radical (unpaired) electrons. The molecule has 1 fully saturated rings. The van der Waals surface area contributed by atoms with Crippen LogP contribution in [-0.2, 0) is 6.42 Å². The van der Waals surface area contributed by atoms with Crippen molar-refractivity contribution in [1.82, 2.24) is 19.8 Å². The number of aromatic hydroxyl groups is 1. The number of phenols is 1. The van der Waals surface area contributed by atoms with Crippen LogP contribution in [0, 0.1) is 0 Å². The van der Waals surface area contributed by atoms with Gasteiger partial charge >= 0.3 is 0 Å². The fourth-order valence-corrected chi connectivity index (χ4v) is 3.05. The fraction of sp³-hybridized carbons (Fsp3) is 0.308. The van der Waals surface area contributed by atoms with E-state index in [0.29, 0.717) is 18.1 Å². The van der Waals surface area contributed by atoms with Gasteiger partial charge in [0.2, 0.25) is 4.96 Å². The molecular weight excluding hydrogens is 260 g/mol. The van der Waals surface area contributed by atoms with E-state index >= 15 is 0 Å². The van der Waals surface area contributed by atoms with Crippen LogP contribution in [0.5, 0.6) is 5.75 Å². The number of hydrogen-bond acceptors (Lipinski definition) is 5. The largest absolute Gasteiger partial charge is 0.508 e. The summed E-state index contributed by atoms with van der Waals surface area (Å²) >= 11 is 1.56. The number of nitrogens with zero attached hydrogens (tertiary/aromatic N) is 4. The summed E-state index contributed by atoms with van der Waals surface area (Å²) in [5.74, 6) is 1.83. The van der Waals surface area contributed by atoms with Crippen LogP contribution in [0.25, 0.3) is 4.96 Å². The Hall–Kier alpha value is -1.95. The SMILES string of the molecule is Oc1cccc(Cc2nn3c(C4CC4)nnc3s2)c1. The Balaban J connectivity index is 1.68. The van der Waals surface area contributed by atoms with Crippen LogP contribution in [0.15, 0.2) is 24.3 Å². The average Bonchev–Trinajstić information content (AvgIpc) is 3.02. The summed E-state index contributed by atoms with van der Waals surface area (Å²) in [6.45, 7) is 0. The van der Waals surface area contributed by atoms with Gasteiger partial charge < -0.3 is 5.11 Å².